The fourth-order valence-electron chi connectivity index (χ4n) is 3.86. The summed E-state index contributed by atoms with van der Waals surface area (Å²) in [4.78, 5) is 37.2. The molecule has 0 aromatic heterocycles. The van der Waals surface area contributed by atoms with E-state index >= 15 is 0 Å². The summed E-state index contributed by atoms with van der Waals surface area (Å²) in [5.41, 5.74) is 8.37. The predicted molar refractivity (Wildman–Crippen MR) is 143 cm³/mol. The average molecular weight is 518 g/mol. The molecule has 38 heavy (non-hydrogen) atoms. The van der Waals surface area contributed by atoms with E-state index < -0.39 is 5.54 Å². The Morgan fingerprint density at radius 1 is 0.500 bits per heavy atom. The van der Waals surface area contributed by atoms with Gasteiger partial charge in [-0.1, -0.05) is 91.0 Å². The van der Waals surface area contributed by atoms with Gasteiger partial charge in [0.25, 0.3) is 0 Å². The van der Waals surface area contributed by atoms with E-state index in [1.54, 1.807) is 0 Å². The zero-order valence-electron chi connectivity index (χ0n) is 21.6. The maximum absolute atomic E-state index is 12.4. The number of ether oxygens (including phenoxy) is 3. The van der Waals surface area contributed by atoms with Gasteiger partial charge in [0.1, 0.15) is 19.8 Å². The molecule has 0 saturated carbocycles. The van der Waals surface area contributed by atoms with Crippen molar-refractivity contribution in [2.24, 2.45) is 5.73 Å². The third kappa shape index (κ3) is 11.0. The zero-order valence-corrected chi connectivity index (χ0v) is 21.6. The summed E-state index contributed by atoms with van der Waals surface area (Å²) in [6, 6.07) is 28.2. The van der Waals surface area contributed by atoms with Gasteiger partial charge < -0.3 is 19.9 Å². The molecule has 7 nitrogen and oxygen atoms in total. The molecule has 0 aliphatic carbocycles. The number of hydrogen-bond donors (Lipinski definition) is 1. The van der Waals surface area contributed by atoms with Crippen molar-refractivity contribution in [3.8, 4) is 0 Å². The first kappa shape index (κ1) is 28.6. The molecule has 0 heterocycles. The fraction of sp³-hybridized carbons (Fsp3) is 0.323. The largest absolute Gasteiger partial charge is 0.461 e. The maximum Gasteiger partial charge on any atom is 0.306 e. The Kier molecular flexibility index (Phi) is 11.5. The van der Waals surface area contributed by atoms with Crippen molar-refractivity contribution in [1.29, 1.82) is 0 Å². The van der Waals surface area contributed by atoms with Gasteiger partial charge in [0.2, 0.25) is 0 Å². The Balaban J connectivity index is 1.50. The summed E-state index contributed by atoms with van der Waals surface area (Å²) in [5, 5.41) is 0. The molecule has 0 saturated heterocycles. The molecule has 3 aromatic rings. The van der Waals surface area contributed by atoms with Crippen molar-refractivity contribution < 1.29 is 28.6 Å². The van der Waals surface area contributed by atoms with Crippen LogP contribution in [0.15, 0.2) is 91.0 Å². The molecule has 200 valence electrons. The summed E-state index contributed by atoms with van der Waals surface area (Å²) in [7, 11) is 0. The zero-order chi connectivity index (χ0) is 27.1. The van der Waals surface area contributed by atoms with Gasteiger partial charge in [0.15, 0.2) is 0 Å². The van der Waals surface area contributed by atoms with E-state index in [0.717, 1.165) is 16.7 Å². The SMILES string of the molecule is NC(CCC(=O)OCc1ccccc1)(CCC(=O)OCc1ccccc1)CCC(=O)OCc1ccccc1. The van der Waals surface area contributed by atoms with Crippen LogP contribution < -0.4 is 5.73 Å². The molecule has 2 N–H and O–H groups in total. The van der Waals surface area contributed by atoms with Gasteiger partial charge in [-0.25, -0.2) is 0 Å². The lowest BCUT2D eigenvalue weighted by atomic mass is 9.85. The lowest BCUT2D eigenvalue weighted by Gasteiger charge is -2.29. The van der Waals surface area contributed by atoms with Gasteiger partial charge in [-0.05, 0) is 36.0 Å². The quantitative estimate of drug-likeness (QED) is 0.217. The third-order valence-electron chi connectivity index (χ3n) is 6.21. The number of hydrogen-bond acceptors (Lipinski definition) is 7. The van der Waals surface area contributed by atoms with E-state index in [0.29, 0.717) is 0 Å². The number of esters is 3. The van der Waals surface area contributed by atoms with Crippen molar-refractivity contribution in [3.05, 3.63) is 108 Å². The molecule has 0 amide bonds. The first-order chi connectivity index (χ1) is 18.4. The number of carbonyl (C=O) groups is 3. The first-order valence-electron chi connectivity index (χ1n) is 12.8. The number of benzene rings is 3. The van der Waals surface area contributed by atoms with Crippen molar-refractivity contribution >= 4 is 17.9 Å². The van der Waals surface area contributed by atoms with E-state index in [9.17, 15) is 14.4 Å². The van der Waals surface area contributed by atoms with Crippen LogP contribution in [0.25, 0.3) is 0 Å². The van der Waals surface area contributed by atoms with Crippen LogP contribution in [-0.2, 0) is 48.4 Å². The second kappa shape index (κ2) is 15.3. The molecule has 3 rings (SSSR count). The van der Waals surface area contributed by atoms with E-state index in [2.05, 4.69) is 0 Å². The number of rotatable bonds is 15. The van der Waals surface area contributed by atoms with E-state index in [1.807, 2.05) is 91.0 Å². The smallest absolute Gasteiger partial charge is 0.306 e. The van der Waals surface area contributed by atoms with Crippen LogP contribution in [0.5, 0.6) is 0 Å². The molecule has 0 unspecified atom stereocenters. The fourth-order valence-corrected chi connectivity index (χ4v) is 3.86. The lowest BCUT2D eigenvalue weighted by Crippen LogP contribution is -2.41. The van der Waals surface area contributed by atoms with Gasteiger partial charge >= 0.3 is 17.9 Å². The minimum atomic E-state index is -0.941. The predicted octanol–water partition coefficient (Wildman–Crippen LogP) is 5.25. The summed E-state index contributed by atoms with van der Waals surface area (Å²) in [6.45, 7) is 0.526. The Labute approximate surface area is 223 Å². The second-order valence-electron chi connectivity index (χ2n) is 9.30. The highest BCUT2D eigenvalue weighted by atomic mass is 16.5. The highest BCUT2D eigenvalue weighted by molar-refractivity contribution is 5.71. The molecule has 0 aliphatic rings. The minimum Gasteiger partial charge on any atom is -0.461 e. The molecular formula is C31H35NO6. The van der Waals surface area contributed by atoms with Crippen molar-refractivity contribution in [3.63, 3.8) is 0 Å². The highest BCUT2D eigenvalue weighted by Gasteiger charge is 2.28. The normalized spacial score (nSPS) is 11.0. The second-order valence-corrected chi connectivity index (χ2v) is 9.30. The van der Waals surface area contributed by atoms with E-state index in [-0.39, 0.29) is 76.3 Å². The molecule has 0 spiro atoms. The van der Waals surface area contributed by atoms with Crippen LogP contribution >= 0.6 is 0 Å². The van der Waals surface area contributed by atoms with Crippen LogP contribution in [0.3, 0.4) is 0 Å². The van der Waals surface area contributed by atoms with Crippen molar-refractivity contribution in [1.82, 2.24) is 0 Å². The summed E-state index contributed by atoms with van der Waals surface area (Å²) in [6.07, 6.45) is 1.00. The maximum atomic E-state index is 12.4. The molecule has 0 radical (unpaired) electrons. The Hall–Kier alpha value is -3.97. The third-order valence-corrected chi connectivity index (χ3v) is 6.21. The van der Waals surface area contributed by atoms with Gasteiger partial charge in [0.05, 0.1) is 0 Å². The molecule has 0 fully saturated rings. The van der Waals surface area contributed by atoms with Crippen LogP contribution in [-0.4, -0.2) is 23.4 Å². The minimum absolute atomic E-state index is 0.0709. The van der Waals surface area contributed by atoms with E-state index in [4.69, 9.17) is 19.9 Å². The molecule has 7 heteroatoms. The first-order valence-corrected chi connectivity index (χ1v) is 12.8. The highest BCUT2D eigenvalue weighted by Crippen LogP contribution is 2.24. The summed E-state index contributed by atoms with van der Waals surface area (Å²) in [5.74, 6) is -1.16. The van der Waals surface area contributed by atoms with E-state index in [1.165, 1.54) is 0 Å². The number of carbonyl (C=O) groups excluding carboxylic acids is 3. The molecule has 0 atom stereocenters. The standard InChI is InChI=1S/C31H35NO6/c32-31(19-16-28(33)36-22-25-10-4-1-5-11-25,20-17-29(34)37-23-26-12-6-2-7-13-26)21-18-30(35)38-24-27-14-8-3-9-15-27/h1-15H,16-24,32H2. The Bertz CT molecular complexity index is 991. The average Bonchev–Trinajstić information content (AvgIpc) is 2.96. The summed E-state index contributed by atoms with van der Waals surface area (Å²) < 4.78 is 16.1. The van der Waals surface area contributed by atoms with Crippen LogP contribution in [0.2, 0.25) is 0 Å². The van der Waals surface area contributed by atoms with Crippen LogP contribution in [0, 0.1) is 0 Å². The molecular weight excluding hydrogens is 482 g/mol. The van der Waals surface area contributed by atoms with Gasteiger partial charge in [-0.3, -0.25) is 14.4 Å². The van der Waals surface area contributed by atoms with Gasteiger partial charge in [0, 0.05) is 24.8 Å². The monoisotopic (exact) mass is 517 g/mol. The molecule has 3 aromatic carbocycles. The summed E-state index contributed by atoms with van der Waals surface area (Å²) >= 11 is 0. The Morgan fingerprint density at radius 2 is 0.763 bits per heavy atom. The van der Waals surface area contributed by atoms with Crippen molar-refractivity contribution in [2.75, 3.05) is 0 Å². The Morgan fingerprint density at radius 3 is 1.03 bits per heavy atom. The lowest BCUT2D eigenvalue weighted by molar-refractivity contribution is -0.145. The topological polar surface area (TPSA) is 105 Å². The van der Waals surface area contributed by atoms with Gasteiger partial charge in [-0.2, -0.15) is 0 Å². The number of nitrogens with two attached hydrogens (primary N) is 1. The molecule has 0 bridgehead atoms. The van der Waals surface area contributed by atoms with Crippen LogP contribution in [0.4, 0.5) is 0 Å². The van der Waals surface area contributed by atoms with Crippen molar-refractivity contribution in [2.45, 2.75) is 63.9 Å². The molecule has 0 aliphatic heterocycles. The van der Waals surface area contributed by atoms with Crippen LogP contribution in [0.1, 0.15) is 55.2 Å². The van der Waals surface area contributed by atoms with Gasteiger partial charge in [-0.15, -0.1) is 0 Å².